The van der Waals surface area contributed by atoms with Gasteiger partial charge in [0.2, 0.25) is 0 Å². The second kappa shape index (κ2) is 8.77. The minimum absolute atomic E-state index is 0.0356. The highest BCUT2D eigenvalue weighted by molar-refractivity contribution is 7.13. The van der Waals surface area contributed by atoms with Crippen LogP contribution in [0, 0.1) is 13.8 Å². The van der Waals surface area contributed by atoms with E-state index in [9.17, 15) is 4.79 Å². The van der Waals surface area contributed by atoms with Crippen LogP contribution in [0.3, 0.4) is 0 Å². The van der Waals surface area contributed by atoms with Crippen molar-refractivity contribution < 1.29 is 14.1 Å². The maximum Gasteiger partial charge on any atom is 0.263 e. The van der Waals surface area contributed by atoms with Crippen molar-refractivity contribution in [2.24, 2.45) is 0 Å². The normalized spacial score (nSPS) is 17.0. The smallest absolute Gasteiger partial charge is 0.263 e. The highest BCUT2D eigenvalue weighted by atomic mass is 32.1. The fraction of sp³-hybridized carbons (Fsp3) is 0.632. The first-order chi connectivity index (χ1) is 12.6. The molecule has 1 atom stereocenters. The third-order valence-corrected chi connectivity index (χ3v) is 5.95. The van der Waals surface area contributed by atoms with Gasteiger partial charge in [-0.2, -0.15) is 0 Å². The van der Waals surface area contributed by atoms with Crippen molar-refractivity contribution >= 4 is 17.2 Å². The summed E-state index contributed by atoms with van der Waals surface area (Å²) in [7, 11) is 0. The maximum absolute atomic E-state index is 12.5. The Morgan fingerprint density at radius 1 is 1.31 bits per heavy atom. The molecule has 1 unspecified atom stereocenters. The largest absolute Gasteiger partial charge is 0.379 e. The molecule has 7 heteroatoms. The van der Waals surface area contributed by atoms with Crippen molar-refractivity contribution in [3.8, 4) is 0 Å². The molecule has 0 aromatic carbocycles. The van der Waals surface area contributed by atoms with Crippen LogP contribution >= 0.6 is 11.3 Å². The number of thiazole rings is 1. The summed E-state index contributed by atoms with van der Waals surface area (Å²) in [5.74, 6) is 0.857. The van der Waals surface area contributed by atoms with Gasteiger partial charge in [-0.15, -0.1) is 11.3 Å². The molecular weight excluding hydrogens is 350 g/mol. The van der Waals surface area contributed by atoms with Crippen LogP contribution in [0.5, 0.6) is 0 Å². The van der Waals surface area contributed by atoms with E-state index in [0.29, 0.717) is 11.5 Å². The SMILES string of the molecule is CCCCc1noc(C)c1CCc1nc(C)c(C(=O)NC2CCOC2)s1. The average Bonchev–Trinajstić information content (AvgIpc) is 3.33. The van der Waals surface area contributed by atoms with Crippen molar-refractivity contribution in [1.82, 2.24) is 15.5 Å². The van der Waals surface area contributed by atoms with Crippen LogP contribution < -0.4 is 5.32 Å². The summed E-state index contributed by atoms with van der Waals surface area (Å²) in [6.07, 6.45) is 5.73. The van der Waals surface area contributed by atoms with Gasteiger partial charge in [-0.1, -0.05) is 18.5 Å². The Balaban J connectivity index is 1.62. The molecule has 0 aliphatic carbocycles. The molecule has 1 fully saturated rings. The highest BCUT2D eigenvalue weighted by Crippen LogP contribution is 2.23. The number of aromatic nitrogens is 2. The predicted molar refractivity (Wildman–Crippen MR) is 101 cm³/mol. The monoisotopic (exact) mass is 377 g/mol. The number of ether oxygens (including phenoxy) is 1. The van der Waals surface area contributed by atoms with Gasteiger partial charge in [0.25, 0.3) is 5.91 Å². The lowest BCUT2D eigenvalue weighted by molar-refractivity contribution is 0.0933. The van der Waals surface area contributed by atoms with E-state index in [2.05, 4.69) is 22.4 Å². The summed E-state index contributed by atoms with van der Waals surface area (Å²) in [5.41, 5.74) is 3.06. The topological polar surface area (TPSA) is 77.2 Å². The third-order valence-electron chi connectivity index (χ3n) is 4.73. The molecule has 2 aromatic rings. The molecule has 1 aliphatic rings. The molecule has 6 nitrogen and oxygen atoms in total. The van der Waals surface area contributed by atoms with E-state index >= 15 is 0 Å². The predicted octanol–water partition coefficient (Wildman–Crippen LogP) is 3.39. The van der Waals surface area contributed by atoms with E-state index in [1.54, 1.807) is 0 Å². The number of hydrogen-bond donors (Lipinski definition) is 1. The Morgan fingerprint density at radius 3 is 2.88 bits per heavy atom. The second-order valence-electron chi connectivity index (χ2n) is 6.82. The lowest BCUT2D eigenvalue weighted by atomic mass is 10.0. The Morgan fingerprint density at radius 2 is 2.15 bits per heavy atom. The number of nitrogens with one attached hydrogen (secondary N) is 1. The third kappa shape index (κ3) is 4.51. The summed E-state index contributed by atoms with van der Waals surface area (Å²) >= 11 is 1.49. The summed E-state index contributed by atoms with van der Waals surface area (Å²) in [6.45, 7) is 7.36. The molecule has 1 aliphatic heterocycles. The number of hydrogen-bond acceptors (Lipinski definition) is 6. The lowest BCUT2D eigenvalue weighted by Gasteiger charge is -2.09. The molecule has 1 saturated heterocycles. The molecule has 1 N–H and O–H groups in total. The Hall–Kier alpha value is -1.73. The first kappa shape index (κ1) is 19.0. The van der Waals surface area contributed by atoms with Crippen LogP contribution in [0.2, 0.25) is 0 Å². The molecule has 1 amide bonds. The van der Waals surface area contributed by atoms with Gasteiger partial charge in [0.05, 0.1) is 29.0 Å². The van der Waals surface area contributed by atoms with Gasteiger partial charge in [0.15, 0.2) is 0 Å². The van der Waals surface area contributed by atoms with Gasteiger partial charge in [0, 0.05) is 18.6 Å². The maximum atomic E-state index is 12.5. The molecule has 2 aromatic heterocycles. The number of nitrogens with zero attached hydrogens (tertiary/aromatic N) is 2. The summed E-state index contributed by atoms with van der Waals surface area (Å²) in [6, 6.07) is 0.119. The quantitative estimate of drug-likeness (QED) is 0.763. The van der Waals surface area contributed by atoms with Gasteiger partial charge in [-0.25, -0.2) is 4.98 Å². The van der Waals surface area contributed by atoms with Crippen LogP contribution in [0.1, 0.15) is 63.6 Å². The Labute approximate surface area is 158 Å². The van der Waals surface area contributed by atoms with E-state index in [1.807, 2.05) is 13.8 Å². The van der Waals surface area contributed by atoms with Crippen LogP contribution in [0.25, 0.3) is 0 Å². The van der Waals surface area contributed by atoms with E-state index in [4.69, 9.17) is 9.26 Å². The fourth-order valence-electron chi connectivity index (χ4n) is 3.20. The number of amides is 1. The molecule has 3 heterocycles. The average molecular weight is 378 g/mol. The van der Waals surface area contributed by atoms with Crippen LogP contribution in [-0.2, 0) is 24.0 Å². The first-order valence-corrected chi connectivity index (χ1v) is 10.2. The van der Waals surface area contributed by atoms with Crippen molar-refractivity contribution in [1.29, 1.82) is 0 Å². The highest BCUT2D eigenvalue weighted by Gasteiger charge is 2.22. The van der Waals surface area contributed by atoms with Crippen LogP contribution in [0.4, 0.5) is 0 Å². The fourth-order valence-corrected chi connectivity index (χ4v) is 4.17. The Bertz CT molecular complexity index is 747. The first-order valence-electron chi connectivity index (χ1n) is 9.37. The molecule has 0 saturated carbocycles. The molecular formula is C19H27N3O3S. The number of aryl methyl sites for hydroxylation is 4. The van der Waals surface area contributed by atoms with E-state index in [0.717, 1.165) is 67.3 Å². The molecule has 0 radical (unpaired) electrons. The minimum atomic E-state index is -0.0356. The summed E-state index contributed by atoms with van der Waals surface area (Å²) < 4.78 is 10.7. The summed E-state index contributed by atoms with van der Waals surface area (Å²) in [5, 5.41) is 8.23. The standard InChI is InChI=1S/C19H27N3O3S/c1-4-5-6-16-15(13(3)25-22-16)7-8-17-20-12(2)18(26-17)19(23)21-14-9-10-24-11-14/h14H,4-11H2,1-3H3,(H,21,23). The second-order valence-corrected chi connectivity index (χ2v) is 7.91. The minimum Gasteiger partial charge on any atom is -0.379 e. The zero-order chi connectivity index (χ0) is 18.5. The number of carbonyl (C=O) groups is 1. The number of carbonyl (C=O) groups excluding carboxylic acids is 1. The van der Waals surface area contributed by atoms with Crippen molar-refractivity contribution in [3.05, 3.63) is 32.6 Å². The van der Waals surface area contributed by atoms with Gasteiger partial charge < -0.3 is 14.6 Å². The van der Waals surface area contributed by atoms with Crippen molar-refractivity contribution in [3.63, 3.8) is 0 Å². The molecule has 26 heavy (non-hydrogen) atoms. The van der Waals surface area contributed by atoms with Crippen LogP contribution in [-0.4, -0.2) is 35.3 Å². The number of rotatable bonds is 8. The zero-order valence-corrected chi connectivity index (χ0v) is 16.6. The van der Waals surface area contributed by atoms with E-state index < -0.39 is 0 Å². The summed E-state index contributed by atoms with van der Waals surface area (Å²) in [4.78, 5) is 17.8. The molecule has 0 spiro atoms. The van der Waals surface area contributed by atoms with Gasteiger partial charge in [-0.05, 0) is 39.5 Å². The number of unbranched alkanes of at least 4 members (excludes halogenated alkanes) is 1. The van der Waals surface area contributed by atoms with Gasteiger partial charge >= 0.3 is 0 Å². The molecule has 142 valence electrons. The van der Waals surface area contributed by atoms with E-state index in [1.165, 1.54) is 16.9 Å². The van der Waals surface area contributed by atoms with Crippen molar-refractivity contribution in [2.75, 3.05) is 13.2 Å². The molecule has 3 rings (SSSR count). The Kier molecular flexibility index (Phi) is 6.43. The van der Waals surface area contributed by atoms with Gasteiger partial charge in [-0.3, -0.25) is 4.79 Å². The van der Waals surface area contributed by atoms with E-state index in [-0.39, 0.29) is 11.9 Å². The lowest BCUT2D eigenvalue weighted by Crippen LogP contribution is -2.34. The zero-order valence-electron chi connectivity index (χ0n) is 15.8. The van der Waals surface area contributed by atoms with Crippen molar-refractivity contribution in [2.45, 2.75) is 65.3 Å². The molecule has 0 bridgehead atoms. The van der Waals surface area contributed by atoms with Crippen LogP contribution in [0.15, 0.2) is 4.52 Å². The van der Waals surface area contributed by atoms with Gasteiger partial charge in [0.1, 0.15) is 10.6 Å².